The number of carbonyl (C=O) groups is 1. The lowest BCUT2D eigenvalue weighted by atomic mass is 10.0. The van der Waals surface area contributed by atoms with Crippen LogP contribution in [0.2, 0.25) is 0 Å². The second-order valence-corrected chi connectivity index (χ2v) is 6.93. The van der Waals surface area contributed by atoms with E-state index in [9.17, 15) is 4.79 Å². The Morgan fingerprint density at radius 1 is 1.29 bits per heavy atom. The Bertz CT molecular complexity index is 942. The number of fused-ring (bicyclic) bond motifs is 1. The summed E-state index contributed by atoms with van der Waals surface area (Å²) in [5, 5.41) is 7.43. The van der Waals surface area contributed by atoms with E-state index < -0.39 is 0 Å². The molecule has 0 aliphatic carbocycles. The van der Waals surface area contributed by atoms with Crippen molar-refractivity contribution in [2.75, 3.05) is 25.1 Å². The normalized spacial score (nSPS) is 17.0. The smallest absolute Gasteiger partial charge is 0.254 e. The zero-order chi connectivity index (χ0) is 19.3. The Morgan fingerprint density at radius 2 is 2.14 bits per heavy atom. The molecule has 0 spiro atoms. The Balaban J connectivity index is 1.56. The van der Waals surface area contributed by atoms with Crippen LogP contribution in [0.5, 0.6) is 0 Å². The van der Waals surface area contributed by atoms with E-state index in [-0.39, 0.29) is 11.9 Å². The molecular weight excluding hydrogens is 356 g/mol. The fourth-order valence-corrected chi connectivity index (χ4v) is 3.69. The first-order valence-corrected chi connectivity index (χ1v) is 9.55. The minimum Gasteiger partial charge on any atom is -0.378 e. The number of nitrogens with zero attached hydrogens (tertiary/aromatic N) is 5. The van der Waals surface area contributed by atoms with Crippen LogP contribution in [0.15, 0.2) is 42.7 Å². The zero-order valence-electron chi connectivity index (χ0n) is 15.9. The van der Waals surface area contributed by atoms with Gasteiger partial charge < -0.3 is 15.0 Å². The van der Waals surface area contributed by atoms with Gasteiger partial charge in [-0.25, -0.2) is 4.98 Å². The second kappa shape index (κ2) is 8.35. The maximum atomic E-state index is 12.5. The highest BCUT2D eigenvalue weighted by Crippen LogP contribution is 2.25. The van der Waals surface area contributed by atoms with Gasteiger partial charge in [0.1, 0.15) is 12.1 Å². The maximum absolute atomic E-state index is 12.5. The Kier molecular flexibility index (Phi) is 5.48. The molecular formula is C20H24N6O2. The van der Waals surface area contributed by atoms with Crippen LogP contribution < -0.4 is 10.2 Å². The number of amides is 1. The Labute approximate surface area is 163 Å². The van der Waals surface area contributed by atoms with Gasteiger partial charge in [0.15, 0.2) is 0 Å². The predicted octanol–water partition coefficient (Wildman–Crippen LogP) is 2.06. The number of ether oxygens (including phenoxy) is 1. The Morgan fingerprint density at radius 3 is 2.96 bits per heavy atom. The van der Waals surface area contributed by atoms with Gasteiger partial charge in [0.05, 0.1) is 12.3 Å². The first-order chi connectivity index (χ1) is 13.8. The number of piperidine rings is 1. The van der Waals surface area contributed by atoms with E-state index >= 15 is 0 Å². The summed E-state index contributed by atoms with van der Waals surface area (Å²) >= 11 is 0. The highest BCUT2D eigenvalue weighted by molar-refractivity contribution is 5.94. The van der Waals surface area contributed by atoms with E-state index in [1.54, 1.807) is 11.6 Å². The van der Waals surface area contributed by atoms with Crippen LogP contribution in [0.3, 0.4) is 0 Å². The van der Waals surface area contributed by atoms with E-state index in [1.165, 1.54) is 6.33 Å². The molecule has 8 nitrogen and oxygen atoms in total. The summed E-state index contributed by atoms with van der Waals surface area (Å²) in [6.45, 7) is 1.89. The molecule has 1 fully saturated rings. The van der Waals surface area contributed by atoms with Gasteiger partial charge in [0.25, 0.3) is 11.7 Å². The number of nitrogens with one attached hydrogen (secondary N) is 1. The van der Waals surface area contributed by atoms with E-state index in [0.717, 1.165) is 37.3 Å². The van der Waals surface area contributed by atoms with Gasteiger partial charge >= 0.3 is 0 Å². The van der Waals surface area contributed by atoms with Gasteiger partial charge in [0, 0.05) is 37.9 Å². The standard InChI is InChI=1S/C20H24N6O2/c1-28-13-16-11-18(26-20(24-16)22-14-23-26)25-10-6-5-9-17(25)12-21-19(27)15-7-3-2-4-8-15/h2-4,7-8,11,14,17H,5-6,9-10,12-13H2,1H3,(H,21,27). The monoisotopic (exact) mass is 380 g/mol. The van der Waals surface area contributed by atoms with Crippen molar-refractivity contribution in [2.24, 2.45) is 0 Å². The SMILES string of the molecule is COCc1cc(N2CCCCC2CNC(=O)c2ccccc2)n2ncnc2n1. The lowest BCUT2D eigenvalue weighted by molar-refractivity contribution is 0.0949. The number of aromatic nitrogens is 4. The summed E-state index contributed by atoms with van der Waals surface area (Å²) in [6.07, 6.45) is 4.76. The van der Waals surface area contributed by atoms with Crippen molar-refractivity contribution < 1.29 is 9.53 Å². The number of anilines is 1. The topological polar surface area (TPSA) is 84.7 Å². The van der Waals surface area contributed by atoms with Crippen LogP contribution in [0.1, 0.15) is 35.3 Å². The van der Waals surface area contributed by atoms with Gasteiger partial charge in [-0.1, -0.05) is 18.2 Å². The molecule has 1 unspecified atom stereocenters. The van der Waals surface area contributed by atoms with Crippen LogP contribution >= 0.6 is 0 Å². The largest absolute Gasteiger partial charge is 0.378 e. The molecule has 2 aromatic heterocycles. The Hall–Kier alpha value is -3.00. The first kappa shape index (κ1) is 18.4. The van der Waals surface area contributed by atoms with Crippen molar-refractivity contribution in [3.63, 3.8) is 0 Å². The van der Waals surface area contributed by atoms with Crippen LogP contribution in [-0.2, 0) is 11.3 Å². The average Bonchev–Trinajstić information content (AvgIpc) is 3.21. The average molecular weight is 380 g/mol. The molecule has 1 amide bonds. The summed E-state index contributed by atoms with van der Waals surface area (Å²) in [4.78, 5) is 23.5. The molecule has 1 saturated heterocycles. The molecule has 1 aliphatic rings. The molecule has 3 aromatic rings. The highest BCUT2D eigenvalue weighted by atomic mass is 16.5. The van der Waals surface area contributed by atoms with Crippen LogP contribution in [0, 0.1) is 0 Å². The molecule has 0 saturated carbocycles. The van der Waals surface area contributed by atoms with Crippen LogP contribution in [-0.4, -0.2) is 51.7 Å². The third-order valence-corrected chi connectivity index (χ3v) is 5.03. The first-order valence-electron chi connectivity index (χ1n) is 9.55. The summed E-state index contributed by atoms with van der Waals surface area (Å²) in [6, 6.07) is 11.5. The van der Waals surface area contributed by atoms with Crippen molar-refractivity contribution in [1.82, 2.24) is 24.9 Å². The van der Waals surface area contributed by atoms with E-state index in [1.807, 2.05) is 36.4 Å². The van der Waals surface area contributed by atoms with Gasteiger partial charge in [-0.15, -0.1) is 0 Å². The van der Waals surface area contributed by atoms with E-state index in [4.69, 9.17) is 4.74 Å². The number of carbonyl (C=O) groups excluding carboxylic acids is 1. The predicted molar refractivity (Wildman–Crippen MR) is 105 cm³/mol. The summed E-state index contributed by atoms with van der Waals surface area (Å²) in [5.74, 6) is 1.45. The summed E-state index contributed by atoms with van der Waals surface area (Å²) < 4.78 is 7.02. The molecule has 0 radical (unpaired) electrons. The molecule has 1 aromatic carbocycles. The quantitative estimate of drug-likeness (QED) is 0.705. The van der Waals surface area contributed by atoms with Crippen molar-refractivity contribution in [1.29, 1.82) is 0 Å². The number of hydrogen-bond donors (Lipinski definition) is 1. The second-order valence-electron chi connectivity index (χ2n) is 6.93. The summed E-state index contributed by atoms with van der Waals surface area (Å²) in [7, 11) is 1.65. The lowest BCUT2D eigenvalue weighted by Crippen LogP contribution is -2.47. The third kappa shape index (κ3) is 3.82. The molecule has 4 rings (SSSR count). The van der Waals surface area contributed by atoms with Gasteiger partial charge in [0.2, 0.25) is 0 Å². The third-order valence-electron chi connectivity index (χ3n) is 5.03. The number of hydrogen-bond acceptors (Lipinski definition) is 6. The minimum atomic E-state index is -0.0492. The number of rotatable bonds is 6. The molecule has 1 N–H and O–H groups in total. The molecule has 1 atom stereocenters. The van der Waals surface area contributed by atoms with Gasteiger partial charge in [-0.3, -0.25) is 4.79 Å². The van der Waals surface area contributed by atoms with Crippen molar-refractivity contribution in [3.05, 3.63) is 54.0 Å². The molecule has 146 valence electrons. The molecule has 3 heterocycles. The van der Waals surface area contributed by atoms with E-state index in [2.05, 4.69) is 25.3 Å². The van der Waals surface area contributed by atoms with Gasteiger partial charge in [-0.2, -0.15) is 14.6 Å². The minimum absolute atomic E-state index is 0.0492. The van der Waals surface area contributed by atoms with Crippen LogP contribution in [0.4, 0.5) is 5.82 Å². The molecule has 28 heavy (non-hydrogen) atoms. The number of methoxy groups -OCH3 is 1. The summed E-state index contributed by atoms with van der Waals surface area (Å²) in [5.41, 5.74) is 1.49. The fraction of sp³-hybridized carbons (Fsp3) is 0.400. The fourth-order valence-electron chi connectivity index (χ4n) is 3.69. The molecule has 8 heteroatoms. The van der Waals surface area contributed by atoms with Crippen molar-refractivity contribution in [3.8, 4) is 0 Å². The van der Waals surface area contributed by atoms with Crippen molar-refractivity contribution in [2.45, 2.75) is 31.9 Å². The van der Waals surface area contributed by atoms with Gasteiger partial charge in [-0.05, 0) is 31.4 Å². The zero-order valence-corrected chi connectivity index (χ0v) is 15.9. The lowest BCUT2D eigenvalue weighted by Gasteiger charge is -2.37. The molecule has 0 bridgehead atoms. The highest BCUT2D eigenvalue weighted by Gasteiger charge is 2.26. The molecule has 1 aliphatic heterocycles. The number of benzene rings is 1. The van der Waals surface area contributed by atoms with E-state index in [0.29, 0.717) is 24.5 Å². The van der Waals surface area contributed by atoms with Crippen molar-refractivity contribution >= 4 is 17.5 Å². The maximum Gasteiger partial charge on any atom is 0.254 e. The van der Waals surface area contributed by atoms with Crippen LogP contribution in [0.25, 0.3) is 5.78 Å².